The predicted molar refractivity (Wildman–Crippen MR) is 112 cm³/mol. The lowest BCUT2D eigenvalue weighted by molar-refractivity contribution is -0.112. The summed E-state index contributed by atoms with van der Waals surface area (Å²) in [5, 5.41) is 15.0. The summed E-state index contributed by atoms with van der Waals surface area (Å²) >= 11 is 0. The Morgan fingerprint density at radius 3 is 2.59 bits per heavy atom. The summed E-state index contributed by atoms with van der Waals surface area (Å²) in [5.74, 6) is -1.10. The molecule has 0 saturated carbocycles. The van der Waals surface area contributed by atoms with Crippen molar-refractivity contribution in [2.24, 2.45) is 0 Å². The number of nitrogens with zero attached hydrogens (tertiary/aromatic N) is 1. The monoisotopic (exact) mass is 391 g/mol. The highest BCUT2D eigenvalue weighted by Gasteiger charge is 2.16. The van der Waals surface area contributed by atoms with Crippen LogP contribution in [0.4, 0.5) is 5.69 Å². The maximum atomic E-state index is 12.5. The van der Waals surface area contributed by atoms with Gasteiger partial charge in [-0.15, -0.1) is 0 Å². The molecule has 2 rings (SSSR count). The lowest BCUT2D eigenvalue weighted by Gasteiger charge is -2.11. The van der Waals surface area contributed by atoms with Gasteiger partial charge in [0.2, 0.25) is 0 Å². The summed E-state index contributed by atoms with van der Waals surface area (Å²) in [4.78, 5) is 24.8. The molecule has 0 aliphatic carbocycles. The number of aryl methyl sites for hydroxylation is 1. The third-order valence-electron chi connectivity index (χ3n) is 4.29. The number of carbonyl (C=O) groups excluding carboxylic acids is 2. The number of nitrogens with one attached hydrogen (secondary N) is 2. The number of unbranched alkanes of at least 4 members (excludes halogenated alkanes) is 1. The Kier molecular flexibility index (Phi) is 8.46. The Balaban J connectivity index is 2.05. The number of hydrogen-bond donors (Lipinski definition) is 2. The Morgan fingerprint density at radius 1 is 1.14 bits per heavy atom. The molecule has 1 amide bonds. The number of anilines is 1. The molecule has 0 fully saturated rings. The minimum Gasteiger partial charge on any atom is -0.462 e. The van der Waals surface area contributed by atoms with Crippen molar-refractivity contribution in [1.29, 1.82) is 5.26 Å². The van der Waals surface area contributed by atoms with Crippen LogP contribution in [0, 0.1) is 18.3 Å². The van der Waals surface area contributed by atoms with Crippen LogP contribution in [0.2, 0.25) is 0 Å². The SMILES string of the molecule is CCCCOC(=O)c1ccccc1NC(=O)/C(C#N)=C\NCc1ccccc1C. The second-order valence-electron chi connectivity index (χ2n) is 6.47. The number of amides is 1. The van der Waals surface area contributed by atoms with E-state index in [1.807, 2.05) is 44.2 Å². The Hall–Kier alpha value is -3.59. The van der Waals surface area contributed by atoms with Gasteiger partial charge in [0.1, 0.15) is 11.6 Å². The maximum absolute atomic E-state index is 12.5. The smallest absolute Gasteiger partial charge is 0.340 e. The molecule has 6 nitrogen and oxygen atoms in total. The van der Waals surface area contributed by atoms with Crippen LogP contribution in [-0.2, 0) is 16.1 Å². The van der Waals surface area contributed by atoms with E-state index in [0.29, 0.717) is 18.8 Å². The first kappa shape index (κ1) is 21.7. The lowest BCUT2D eigenvalue weighted by atomic mass is 10.1. The van der Waals surface area contributed by atoms with E-state index in [2.05, 4.69) is 10.6 Å². The Bertz CT molecular complexity index is 929. The molecule has 0 bridgehead atoms. The summed E-state index contributed by atoms with van der Waals surface area (Å²) in [5.41, 5.74) is 2.65. The fourth-order valence-corrected chi connectivity index (χ4v) is 2.57. The quantitative estimate of drug-likeness (QED) is 0.291. The van der Waals surface area contributed by atoms with E-state index in [1.54, 1.807) is 24.3 Å². The standard InChI is InChI=1S/C23H25N3O3/c1-3-4-13-29-23(28)20-11-7-8-12-21(20)26-22(27)19(14-24)16-25-15-18-10-6-5-9-17(18)2/h5-12,16,25H,3-4,13,15H2,1-2H3,(H,26,27)/b19-16-. The van der Waals surface area contributed by atoms with E-state index in [1.165, 1.54) is 6.20 Å². The van der Waals surface area contributed by atoms with Gasteiger partial charge in [-0.2, -0.15) is 5.26 Å². The number of para-hydroxylation sites is 1. The fraction of sp³-hybridized carbons (Fsp3) is 0.261. The molecule has 0 radical (unpaired) electrons. The average Bonchev–Trinajstić information content (AvgIpc) is 2.73. The molecule has 0 aliphatic rings. The van der Waals surface area contributed by atoms with Gasteiger partial charge in [0.15, 0.2) is 0 Å². The molecule has 0 aromatic heterocycles. The summed E-state index contributed by atoms with van der Waals surface area (Å²) in [6, 6.07) is 16.3. The summed E-state index contributed by atoms with van der Waals surface area (Å²) in [6.07, 6.45) is 3.07. The molecule has 0 unspecified atom stereocenters. The molecule has 6 heteroatoms. The zero-order chi connectivity index (χ0) is 21.1. The van der Waals surface area contributed by atoms with Crippen LogP contribution < -0.4 is 10.6 Å². The number of ether oxygens (including phenoxy) is 1. The molecule has 0 heterocycles. The molecular weight excluding hydrogens is 366 g/mol. The lowest BCUT2D eigenvalue weighted by Crippen LogP contribution is -2.19. The average molecular weight is 391 g/mol. The van der Waals surface area contributed by atoms with Crippen molar-refractivity contribution in [2.75, 3.05) is 11.9 Å². The van der Waals surface area contributed by atoms with Crippen molar-refractivity contribution < 1.29 is 14.3 Å². The first-order valence-corrected chi connectivity index (χ1v) is 9.52. The second kappa shape index (κ2) is 11.3. The number of carbonyl (C=O) groups is 2. The van der Waals surface area contributed by atoms with Crippen LogP contribution in [-0.4, -0.2) is 18.5 Å². The molecule has 2 aromatic carbocycles. The highest BCUT2D eigenvalue weighted by molar-refractivity contribution is 6.09. The van der Waals surface area contributed by atoms with E-state index in [0.717, 1.165) is 24.0 Å². The van der Waals surface area contributed by atoms with Gasteiger partial charge < -0.3 is 15.4 Å². The summed E-state index contributed by atoms with van der Waals surface area (Å²) in [7, 11) is 0. The number of rotatable bonds is 9. The maximum Gasteiger partial charge on any atom is 0.340 e. The molecule has 2 N–H and O–H groups in total. The molecule has 150 valence electrons. The highest BCUT2D eigenvalue weighted by Crippen LogP contribution is 2.17. The van der Waals surface area contributed by atoms with E-state index in [9.17, 15) is 14.9 Å². The zero-order valence-corrected chi connectivity index (χ0v) is 16.7. The van der Waals surface area contributed by atoms with Crippen molar-refractivity contribution in [3.63, 3.8) is 0 Å². The van der Waals surface area contributed by atoms with Crippen LogP contribution in [0.25, 0.3) is 0 Å². The van der Waals surface area contributed by atoms with Crippen LogP contribution in [0.15, 0.2) is 60.3 Å². The molecule has 0 atom stereocenters. The van der Waals surface area contributed by atoms with Gasteiger partial charge in [0, 0.05) is 12.7 Å². The van der Waals surface area contributed by atoms with Gasteiger partial charge in [-0.25, -0.2) is 4.79 Å². The minimum absolute atomic E-state index is 0.0901. The van der Waals surface area contributed by atoms with E-state index >= 15 is 0 Å². The van der Waals surface area contributed by atoms with Crippen LogP contribution in [0.5, 0.6) is 0 Å². The zero-order valence-electron chi connectivity index (χ0n) is 16.7. The Morgan fingerprint density at radius 2 is 1.86 bits per heavy atom. The number of esters is 1. The van der Waals surface area contributed by atoms with Gasteiger partial charge in [0.25, 0.3) is 5.91 Å². The van der Waals surface area contributed by atoms with Gasteiger partial charge in [-0.1, -0.05) is 49.7 Å². The first-order chi connectivity index (χ1) is 14.1. The molecule has 0 aliphatic heterocycles. The van der Waals surface area contributed by atoms with Crippen LogP contribution in [0.3, 0.4) is 0 Å². The molecular formula is C23H25N3O3. The van der Waals surface area contributed by atoms with Crippen molar-refractivity contribution >= 4 is 17.6 Å². The molecule has 0 spiro atoms. The predicted octanol–water partition coefficient (Wildman–Crippen LogP) is 4.09. The normalized spacial score (nSPS) is 10.7. The molecule has 2 aromatic rings. The second-order valence-corrected chi connectivity index (χ2v) is 6.47. The molecule has 0 saturated heterocycles. The van der Waals surface area contributed by atoms with E-state index in [4.69, 9.17) is 4.74 Å². The Labute approximate surface area is 171 Å². The van der Waals surface area contributed by atoms with Crippen LogP contribution >= 0.6 is 0 Å². The minimum atomic E-state index is -0.599. The molecule has 29 heavy (non-hydrogen) atoms. The van der Waals surface area contributed by atoms with Gasteiger partial charge in [-0.05, 0) is 36.6 Å². The van der Waals surface area contributed by atoms with Crippen LogP contribution in [0.1, 0.15) is 41.3 Å². The van der Waals surface area contributed by atoms with Crippen molar-refractivity contribution in [3.05, 3.63) is 77.0 Å². The third kappa shape index (κ3) is 6.51. The third-order valence-corrected chi connectivity index (χ3v) is 4.29. The highest BCUT2D eigenvalue weighted by atomic mass is 16.5. The van der Waals surface area contributed by atoms with E-state index < -0.39 is 11.9 Å². The van der Waals surface area contributed by atoms with Crippen molar-refractivity contribution in [1.82, 2.24) is 5.32 Å². The summed E-state index contributed by atoms with van der Waals surface area (Å²) in [6.45, 7) is 4.81. The van der Waals surface area contributed by atoms with E-state index in [-0.39, 0.29) is 11.1 Å². The van der Waals surface area contributed by atoms with Gasteiger partial charge >= 0.3 is 5.97 Å². The number of benzene rings is 2. The number of hydrogen-bond acceptors (Lipinski definition) is 5. The fourth-order valence-electron chi connectivity index (χ4n) is 2.57. The first-order valence-electron chi connectivity index (χ1n) is 9.52. The largest absolute Gasteiger partial charge is 0.462 e. The van der Waals surface area contributed by atoms with Gasteiger partial charge in [0.05, 0.1) is 17.9 Å². The van der Waals surface area contributed by atoms with Crippen molar-refractivity contribution in [2.45, 2.75) is 33.2 Å². The topological polar surface area (TPSA) is 91.2 Å². The summed E-state index contributed by atoms with van der Waals surface area (Å²) < 4.78 is 5.22. The van der Waals surface area contributed by atoms with Gasteiger partial charge in [-0.3, -0.25) is 4.79 Å². The van der Waals surface area contributed by atoms with Crippen molar-refractivity contribution in [3.8, 4) is 6.07 Å². The number of nitriles is 1.